The second-order valence-corrected chi connectivity index (χ2v) is 6.17. The molecule has 0 spiro atoms. The van der Waals surface area contributed by atoms with Gasteiger partial charge in [-0.1, -0.05) is 6.42 Å². The van der Waals surface area contributed by atoms with E-state index in [1.165, 1.54) is 29.8 Å². The van der Waals surface area contributed by atoms with Gasteiger partial charge in [0.05, 0.1) is 11.7 Å². The van der Waals surface area contributed by atoms with Gasteiger partial charge in [-0.3, -0.25) is 9.58 Å². The van der Waals surface area contributed by atoms with Crippen molar-refractivity contribution in [3.8, 4) is 0 Å². The Morgan fingerprint density at radius 3 is 3.05 bits per heavy atom. The number of nitrogens with zero attached hydrogens (tertiary/aromatic N) is 4. The van der Waals surface area contributed by atoms with E-state index in [4.69, 9.17) is 5.73 Å². The Bertz CT molecular complexity index is 547. The van der Waals surface area contributed by atoms with Crippen LogP contribution in [-0.4, -0.2) is 26.2 Å². The molecule has 3 heterocycles. The summed E-state index contributed by atoms with van der Waals surface area (Å²) in [6.45, 7) is 2.07. The number of nitrogen functional groups attached to an aromatic ring is 1. The van der Waals surface area contributed by atoms with Crippen LogP contribution in [0.3, 0.4) is 0 Å². The van der Waals surface area contributed by atoms with Crippen molar-refractivity contribution >= 4 is 16.5 Å². The molecule has 1 aliphatic rings. The molecule has 1 fully saturated rings. The lowest BCUT2D eigenvalue weighted by atomic mass is 9.99. The summed E-state index contributed by atoms with van der Waals surface area (Å²) >= 11 is 1.59. The minimum Gasteiger partial charge on any atom is -0.375 e. The Hall–Kier alpha value is -1.40. The van der Waals surface area contributed by atoms with E-state index in [-0.39, 0.29) is 0 Å². The first-order chi connectivity index (χ1) is 9.24. The van der Waals surface area contributed by atoms with Crippen LogP contribution in [0.4, 0.5) is 5.13 Å². The summed E-state index contributed by atoms with van der Waals surface area (Å²) in [6.07, 6.45) is 7.54. The van der Waals surface area contributed by atoms with Crippen LogP contribution < -0.4 is 5.73 Å². The molecule has 0 aromatic carbocycles. The summed E-state index contributed by atoms with van der Waals surface area (Å²) in [5.41, 5.74) is 7.01. The van der Waals surface area contributed by atoms with E-state index in [0.717, 1.165) is 13.1 Å². The standard InChI is InChI=1S/C13H19N5S/c1-17-11(5-6-16-17)12-4-2-3-7-18(12)9-10-8-15-13(14)19-10/h5-6,8,12H,2-4,7,9H2,1H3,(H2,14,15). The first-order valence-electron chi connectivity index (χ1n) is 6.66. The number of nitrogens with two attached hydrogens (primary N) is 1. The first kappa shape index (κ1) is 12.6. The third-order valence-corrected chi connectivity index (χ3v) is 4.56. The van der Waals surface area contributed by atoms with E-state index in [1.54, 1.807) is 11.3 Å². The molecular weight excluding hydrogens is 258 g/mol. The zero-order chi connectivity index (χ0) is 13.2. The largest absolute Gasteiger partial charge is 0.375 e. The smallest absolute Gasteiger partial charge is 0.180 e. The fourth-order valence-electron chi connectivity index (χ4n) is 2.82. The summed E-state index contributed by atoms with van der Waals surface area (Å²) in [5, 5.41) is 4.95. The summed E-state index contributed by atoms with van der Waals surface area (Å²) < 4.78 is 1.99. The first-order valence-corrected chi connectivity index (χ1v) is 7.48. The highest BCUT2D eigenvalue weighted by Gasteiger charge is 2.26. The minimum absolute atomic E-state index is 0.463. The Kier molecular flexibility index (Phi) is 3.52. The maximum Gasteiger partial charge on any atom is 0.180 e. The molecule has 0 saturated carbocycles. The van der Waals surface area contributed by atoms with Gasteiger partial charge in [-0.25, -0.2) is 4.98 Å². The predicted octanol–water partition coefficient (Wildman–Crippen LogP) is 2.19. The van der Waals surface area contributed by atoms with Crippen molar-refractivity contribution in [1.29, 1.82) is 0 Å². The molecule has 2 aromatic heterocycles. The molecule has 0 aliphatic carbocycles. The zero-order valence-corrected chi connectivity index (χ0v) is 11.9. The Morgan fingerprint density at radius 2 is 2.37 bits per heavy atom. The van der Waals surface area contributed by atoms with E-state index < -0.39 is 0 Å². The third-order valence-electron chi connectivity index (χ3n) is 3.74. The van der Waals surface area contributed by atoms with Crippen molar-refractivity contribution in [1.82, 2.24) is 19.7 Å². The van der Waals surface area contributed by atoms with Crippen LogP contribution in [-0.2, 0) is 13.6 Å². The Morgan fingerprint density at radius 1 is 1.47 bits per heavy atom. The average molecular weight is 277 g/mol. The minimum atomic E-state index is 0.463. The highest BCUT2D eigenvalue weighted by molar-refractivity contribution is 7.15. The molecule has 1 saturated heterocycles. The Labute approximate surface area is 117 Å². The molecule has 3 rings (SSSR count). The molecule has 1 unspecified atom stereocenters. The van der Waals surface area contributed by atoms with Gasteiger partial charge in [-0.15, -0.1) is 11.3 Å². The van der Waals surface area contributed by atoms with Crippen molar-refractivity contribution in [2.45, 2.75) is 31.8 Å². The summed E-state index contributed by atoms with van der Waals surface area (Å²) in [7, 11) is 2.02. The molecule has 6 heteroatoms. The highest BCUT2D eigenvalue weighted by Crippen LogP contribution is 2.32. The van der Waals surface area contributed by atoms with Crippen molar-refractivity contribution < 1.29 is 0 Å². The van der Waals surface area contributed by atoms with Crippen LogP contribution in [0.5, 0.6) is 0 Å². The van der Waals surface area contributed by atoms with Crippen molar-refractivity contribution in [3.05, 3.63) is 29.0 Å². The molecule has 2 aromatic rings. The molecular formula is C13H19N5S. The zero-order valence-electron chi connectivity index (χ0n) is 11.1. The van der Waals surface area contributed by atoms with Gasteiger partial charge in [0.1, 0.15) is 0 Å². The average Bonchev–Trinajstić information content (AvgIpc) is 2.99. The monoisotopic (exact) mass is 277 g/mol. The number of likely N-dealkylation sites (tertiary alicyclic amines) is 1. The number of hydrogen-bond donors (Lipinski definition) is 1. The molecule has 0 radical (unpaired) electrons. The number of rotatable bonds is 3. The van der Waals surface area contributed by atoms with E-state index in [9.17, 15) is 0 Å². The molecule has 1 aliphatic heterocycles. The van der Waals surface area contributed by atoms with Gasteiger partial charge in [-0.05, 0) is 25.5 Å². The quantitative estimate of drug-likeness (QED) is 0.934. The van der Waals surface area contributed by atoms with Crippen LogP contribution in [0, 0.1) is 0 Å². The SMILES string of the molecule is Cn1nccc1C1CCCCN1Cc1cnc(N)s1. The highest BCUT2D eigenvalue weighted by atomic mass is 32.1. The molecule has 0 bridgehead atoms. The second-order valence-electron chi connectivity index (χ2n) is 5.03. The number of thiazole rings is 1. The van der Waals surface area contributed by atoms with Crippen LogP contribution in [0.1, 0.15) is 35.9 Å². The van der Waals surface area contributed by atoms with Crippen LogP contribution >= 0.6 is 11.3 Å². The van der Waals surface area contributed by atoms with E-state index >= 15 is 0 Å². The lowest BCUT2D eigenvalue weighted by Crippen LogP contribution is -2.33. The van der Waals surface area contributed by atoms with Crippen molar-refractivity contribution in [2.24, 2.45) is 7.05 Å². The van der Waals surface area contributed by atoms with E-state index in [0.29, 0.717) is 11.2 Å². The van der Waals surface area contributed by atoms with Gasteiger partial charge >= 0.3 is 0 Å². The summed E-state index contributed by atoms with van der Waals surface area (Å²) in [4.78, 5) is 7.90. The lowest BCUT2D eigenvalue weighted by Gasteiger charge is -2.35. The number of anilines is 1. The van der Waals surface area contributed by atoms with E-state index in [1.807, 2.05) is 24.1 Å². The molecule has 2 N–H and O–H groups in total. The molecule has 1 atom stereocenters. The fourth-order valence-corrected chi connectivity index (χ4v) is 3.53. The molecule has 5 nitrogen and oxygen atoms in total. The van der Waals surface area contributed by atoms with Gasteiger partial charge in [-0.2, -0.15) is 5.10 Å². The number of hydrogen-bond acceptors (Lipinski definition) is 5. The number of aryl methyl sites for hydroxylation is 1. The number of aromatic nitrogens is 3. The van der Waals surface area contributed by atoms with Gasteiger partial charge < -0.3 is 5.73 Å². The summed E-state index contributed by atoms with van der Waals surface area (Å²) in [5.74, 6) is 0. The third kappa shape index (κ3) is 2.64. The predicted molar refractivity (Wildman–Crippen MR) is 76.7 cm³/mol. The maximum atomic E-state index is 5.71. The number of piperidine rings is 1. The lowest BCUT2D eigenvalue weighted by molar-refractivity contribution is 0.135. The summed E-state index contributed by atoms with van der Waals surface area (Å²) in [6, 6.07) is 2.59. The normalized spacial score (nSPS) is 20.8. The van der Waals surface area contributed by atoms with Crippen molar-refractivity contribution in [3.63, 3.8) is 0 Å². The van der Waals surface area contributed by atoms with Crippen LogP contribution in [0.15, 0.2) is 18.5 Å². The van der Waals surface area contributed by atoms with Crippen LogP contribution in [0.25, 0.3) is 0 Å². The topological polar surface area (TPSA) is 60.0 Å². The second kappa shape index (κ2) is 5.30. The van der Waals surface area contributed by atoms with Crippen LogP contribution in [0.2, 0.25) is 0 Å². The van der Waals surface area contributed by atoms with Gasteiger partial charge in [0.25, 0.3) is 0 Å². The van der Waals surface area contributed by atoms with Gasteiger partial charge in [0.2, 0.25) is 0 Å². The Balaban J connectivity index is 1.79. The van der Waals surface area contributed by atoms with Gasteiger partial charge in [0.15, 0.2) is 5.13 Å². The van der Waals surface area contributed by atoms with E-state index in [2.05, 4.69) is 21.0 Å². The molecule has 0 amide bonds. The van der Waals surface area contributed by atoms with Crippen molar-refractivity contribution in [2.75, 3.05) is 12.3 Å². The maximum absolute atomic E-state index is 5.71. The molecule has 102 valence electrons. The molecule has 19 heavy (non-hydrogen) atoms. The van der Waals surface area contributed by atoms with Gasteiger partial charge in [0, 0.05) is 30.9 Å². The fraction of sp³-hybridized carbons (Fsp3) is 0.538.